The molecule has 1 aliphatic heterocycles. The highest BCUT2D eigenvalue weighted by molar-refractivity contribution is 5.96. The van der Waals surface area contributed by atoms with E-state index in [2.05, 4.69) is 0 Å². The van der Waals surface area contributed by atoms with Crippen molar-refractivity contribution in [3.63, 3.8) is 0 Å². The van der Waals surface area contributed by atoms with Crippen LogP contribution in [0.2, 0.25) is 0 Å². The van der Waals surface area contributed by atoms with Crippen molar-refractivity contribution < 1.29 is 14.6 Å². The number of aliphatic hydroxyl groups is 1. The van der Waals surface area contributed by atoms with Crippen LogP contribution >= 0.6 is 0 Å². The summed E-state index contributed by atoms with van der Waals surface area (Å²) in [6.07, 6.45) is 2.03. The first-order valence-corrected chi connectivity index (χ1v) is 4.12. The zero-order chi connectivity index (χ0) is 9.19. The lowest BCUT2D eigenvalue weighted by atomic mass is 9.91. The van der Waals surface area contributed by atoms with Gasteiger partial charge in [-0.05, 0) is 13.3 Å². The molecule has 3 nitrogen and oxygen atoms in total. The molecular weight excluding hydrogens is 156 g/mol. The standard InChI is InChI=1S/C9H14O3/c1-3-9(2)4-8(11)7(5-10)6-12-9/h5,10H,3-4,6H2,1-2H3/b7-5-. The highest BCUT2D eigenvalue weighted by atomic mass is 16.5. The molecule has 3 heteroatoms. The van der Waals surface area contributed by atoms with Crippen LogP contribution in [-0.4, -0.2) is 23.1 Å². The van der Waals surface area contributed by atoms with Crippen molar-refractivity contribution in [3.05, 3.63) is 11.8 Å². The molecule has 0 aromatic heterocycles. The van der Waals surface area contributed by atoms with Gasteiger partial charge in [0.2, 0.25) is 0 Å². The van der Waals surface area contributed by atoms with Gasteiger partial charge in [0.15, 0.2) is 5.78 Å². The van der Waals surface area contributed by atoms with Crippen LogP contribution in [0, 0.1) is 0 Å². The van der Waals surface area contributed by atoms with Gasteiger partial charge in [-0.2, -0.15) is 0 Å². The molecule has 68 valence electrons. The van der Waals surface area contributed by atoms with Crippen molar-refractivity contribution >= 4 is 5.78 Å². The molecule has 1 rings (SSSR count). The molecule has 1 aliphatic rings. The van der Waals surface area contributed by atoms with E-state index in [-0.39, 0.29) is 18.0 Å². The van der Waals surface area contributed by atoms with Crippen LogP contribution in [0.3, 0.4) is 0 Å². The van der Waals surface area contributed by atoms with Gasteiger partial charge in [-0.15, -0.1) is 0 Å². The van der Waals surface area contributed by atoms with Gasteiger partial charge >= 0.3 is 0 Å². The SMILES string of the molecule is CCC1(C)CC(=O)/C(=C\O)CO1. The molecule has 1 unspecified atom stereocenters. The maximum Gasteiger partial charge on any atom is 0.167 e. The van der Waals surface area contributed by atoms with E-state index >= 15 is 0 Å². The Balaban J connectivity index is 2.70. The largest absolute Gasteiger partial charge is 0.515 e. The summed E-state index contributed by atoms with van der Waals surface area (Å²) in [4.78, 5) is 11.3. The highest BCUT2D eigenvalue weighted by Gasteiger charge is 2.33. The summed E-state index contributed by atoms with van der Waals surface area (Å²) in [7, 11) is 0. The van der Waals surface area contributed by atoms with Gasteiger partial charge in [0.25, 0.3) is 0 Å². The Morgan fingerprint density at radius 2 is 2.42 bits per heavy atom. The summed E-state index contributed by atoms with van der Waals surface area (Å²) < 4.78 is 5.44. The van der Waals surface area contributed by atoms with Crippen molar-refractivity contribution in [1.29, 1.82) is 0 Å². The molecule has 0 amide bonds. The molecule has 0 aromatic rings. The molecule has 1 heterocycles. The lowest BCUT2D eigenvalue weighted by Gasteiger charge is -2.32. The number of carbonyl (C=O) groups is 1. The maximum atomic E-state index is 11.3. The lowest BCUT2D eigenvalue weighted by molar-refractivity contribution is -0.130. The average molecular weight is 170 g/mol. The summed E-state index contributed by atoms with van der Waals surface area (Å²) >= 11 is 0. The van der Waals surface area contributed by atoms with Crippen molar-refractivity contribution in [2.24, 2.45) is 0 Å². The molecule has 1 N–H and O–H groups in total. The predicted octanol–water partition coefficient (Wildman–Crippen LogP) is 1.59. The molecule has 0 aliphatic carbocycles. The minimum Gasteiger partial charge on any atom is -0.515 e. The van der Waals surface area contributed by atoms with Gasteiger partial charge in [-0.3, -0.25) is 4.79 Å². The number of carbonyl (C=O) groups excluding carboxylic acids is 1. The van der Waals surface area contributed by atoms with E-state index in [1.165, 1.54) is 0 Å². The third-order valence-electron chi connectivity index (χ3n) is 2.37. The zero-order valence-corrected chi connectivity index (χ0v) is 7.46. The second kappa shape index (κ2) is 3.27. The monoisotopic (exact) mass is 170 g/mol. The van der Waals surface area contributed by atoms with Crippen molar-refractivity contribution in [2.45, 2.75) is 32.3 Å². The normalized spacial score (nSPS) is 34.2. The van der Waals surface area contributed by atoms with Crippen LogP contribution in [-0.2, 0) is 9.53 Å². The van der Waals surface area contributed by atoms with Gasteiger partial charge in [0.1, 0.15) is 0 Å². The van der Waals surface area contributed by atoms with Crippen LogP contribution in [0.25, 0.3) is 0 Å². The van der Waals surface area contributed by atoms with Crippen molar-refractivity contribution in [1.82, 2.24) is 0 Å². The van der Waals surface area contributed by atoms with E-state index < -0.39 is 0 Å². The minimum absolute atomic E-state index is 0.00639. The first-order valence-electron chi connectivity index (χ1n) is 4.12. The molecule has 1 fully saturated rings. The summed E-state index contributed by atoms with van der Waals surface area (Å²) in [5.74, 6) is -0.00639. The number of rotatable bonds is 1. The van der Waals surface area contributed by atoms with Crippen LogP contribution in [0.1, 0.15) is 26.7 Å². The molecule has 12 heavy (non-hydrogen) atoms. The quantitative estimate of drug-likeness (QED) is 0.480. The van der Waals surface area contributed by atoms with Gasteiger partial charge < -0.3 is 9.84 Å². The van der Waals surface area contributed by atoms with Gasteiger partial charge in [0.05, 0.1) is 24.0 Å². The number of hydrogen-bond acceptors (Lipinski definition) is 3. The van der Waals surface area contributed by atoms with E-state index in [0.29, 0.717) is 12.0 Å². The minimum atomic E-state index is -0.330. The number of ether oxygens (including phenoxy) is 1. The van der Waals surface area contributed by atoms with Crippen LogP contribution < -0.4 is 0 Å². The fourth-order valence-corrected chi connectivity index (χ4v) is 1.17. The molecule has 1 saturated heterocycles. The number of Topliss-reactive ketones (excluding diaryl/α,β-unsaturated/α-hetero) is 1. The Hall–Kier alpha value is -0.830. The molecule has 0 bridgehead atoms. The molecule has 0 saturated carbocycles. The molecule has 0 spiro atoms. The van der Waals surface area contributed by atoms with Crippen LogP contribution in [0.15, 0.2) is 11.8 Å². The Morgan fingerprint density at radius 1 is 1.75 bits per heavy atom. The summed E-state index contributed by atoms with van der Waals surface area (Å²) in [6.45, 7) is 4.14. The second-order valence-electron chi connectivity index (χ2n) is 3.35. The van der Waals surface area contributed by atoms with Crippen LogP contribution in [0.4, 0.5) is 0 Å². The Labute approximate surface area is 72.0 Å². The zero-order valence-electron chi connectivity index (χ0n) is 7.46. The molecule has 0 radical (unpaired) electrons. The Bertz CT molecular complexity index is 220. The number of aliphatic hydroxyl groups excluding tert-OH is 1. The van der Waals surface area contributed by atoms with Gasteiger partial charge in [-0.25, -0.2) is 0 Å². The second-order valence-corrected chi connectivity index (χ2v) is 3.35. The van der Waals surface area contributed by atoms with Gasteiger partial charge in [-0.1, -0.05) is 6.92 Å². The van der Waals surface area contributed by atoms with Crippen molar-refractivity contribution in [3.8, 4) is 0 Å². The Kier molecular flexibility index (Phi) is 2.52. The molecule has 0 aromatic carbocycles. The fourth-order valence-electron chi connectivity index (χ4n) is 1.17. The smallest absolute Gasteiger partial charge is 0.167 e. The average Bonchev–Trinajstić information content (AvgIpc) is 2.05. The third-order valence-corrected chi connectivity index (χ3v) is 2.37. The number of ketones is 1. The highest BCUT2D eigenvalue weighted by Crippen LogP contribution is 2.27. The predicted molar refractivity (Wildman–Crippen MR) is 45.0 cm³/mol. The van der Waals surface area contributed by atoms with E-state index in [9.17, 15) is 4.79 Å². The lowest BCUT2D eigenvalue weighted by Crippen LogP contribution is -2.37. The summed E-state index contributed by atoms with van der Waals surface area (Å²) in [5, 5.41) is 8.64. The first kappa shape index (κ1) is 9.26. The fraction of sp³-hybridized carbons (Fsp3) is 0.667. The van der Waals surface area contributed by atoms with E-state index in [4.69, 9.17) is 9.84 Å². The van der Waals surface area contributed by atoms with E-state index in [1.807, 2.05) is 13.8 Å². The first-order chi connectivity index (χ1) is 5.61. The summed E-state index contributed by atoms with van der Waals surface area (Å²) in [5.41, 5.74) is 0.0461. The van der Waals surface area contributed by atoms with E-state index in [0.717, 1.165) is 12.7 Å². The molecular formula is C9H14O3. The third kappa shape index (κ3) is 1.67. The van der Waals surface area contributed by atoms with Crippen molar-refractivity contribution in [2.75, 3.05) is 6.61 Å². The number of hydrogen-bond donors (Lipinski definition) is 1. The molecule has 1 atom stereocenters. The topological polar surface area (TPSA) is 46.5 Å². The van der Waals surface area contributed by atoms with Gasteiger partial charge in [0, 0.05) is 6.42 Å². The Morgan fingerprint density at radius 3 is 2.83 bits per heavy atom. The maximum absolute atomic E-state index is 11.3. The summed E-state index contributed by atoms with van der Waals surface area (Å²) in [6, 6.07) is 0. The van der Waals surface area contributed by atoms with E-state index in [1.54, 1.807) is 0 Å². The van der Waals surface area contributed by atoms with Crippen LogP contribution in [0.5, 0.6) is 0 Å².